The first-order chi connectivity index (χ1) is 13.3. The molecular formula is C19H23N5O3S. The molecule has 0 N–H and O–H groups in total. The van der Waals surface area contributed by atoms with E-state index in [1.807, 2.05) is 48.5 Å². The SMILES string of the molecule is CN(Cc1cnn(-c2ccccc2)c1)Cn1cc(S(=O)(=O)N(C)C)ccc1=O. The van der Waals surface area contributed by atoms with Gasteiger partial charge in [-0.15, -0.1) is 0 Å². The number of pyridine rings is 1. The van der Waals surface area contributed by atoms with Crippen LogP contribution in [0.5, 0.6) is 0 Å². The zero-order chi connectivity index (χ0) is 20.3. The van der Waals surface area contributed by atoms with Crippen molar-refractivity contribution in [1.29, 1.82) is 0 Å². The molecule has 0 amide bonds. The summed E-state index contributed by atoms with van der Waals surface area (Å²) in [5.41, 5.74) is 1.69. The first-order valence-corrected chi connectivity index (χ1v) is 10.1. The van der Waals surface area contributed by atoms with Gasteiger partial charge in [-0.2, -0.15) is 5.10 Å². The molecule has 0 aliphatic heterocycles. The van der Waals surface area contributed by atoms with E-state index in [0.29, 0.717) is 6.54 Å². The normalized spacial score (nSPS) is 12.0. The van der Waals surface area contributed by atoms with Crippen LogP contribution in [0.15, 0.2) is 70.7 Å². The summed E-state index contributed by atoms with van der Waals surface area (Å²) in [5, 5.41) is 4.37. The Morgan fingerprint density at radius 1 is 1.00 bits per heavy atom. The number of hydrogen-bond donors (Lipinski definition) is 0. The molecule has 148 valence electrons. The zero-order valence-electron chi connectivity index (χ0n) is 16.1. The molecule has 2 aromatic heterocycles. The predicted molar refractivity (Wildman–Crippen MR) is 107 cm³/mol. The summed E-state index contributed by atoms with van der Waals surface area (Å²) in [4.78, 5) is 14.2. The van der Waals surface area contributed by atoms with Gasteiger partial charge in [0.05, 0.1) is 23.4 Å². The van der Waals surface area contributed by atoms with Gasteiger partial charge in [-0.3, -0.25) is 9.69 Å². The van der Waals surface area contributed by atoms with Gasteiger partial charge in [0.25, 0.3) is 5.56 Å². The zero-order valence-corrected chi connectivity index (χ0v) is 16.9. The van der Waals surface area contributed by atoms with Crippen molar-refractivity contribution in [3.63, 3.8) is 0 Å². The van der Waals surface area contributed by atoms with E-state index in [4.69, 9.17) is 0 Å². The minimum absolute atomic E-state index is 0.0856. The smallest absolute Gasteiger partial charge is 0.251 e. The molecule has 0 aliphatic rings. The van der Waals surface area contributed by atoms with E-state index in [2.05, 4.69) is 5.10 Å². The molecule has 28 heavy (non-hydrogen) atoms. The quantitative estimate of drug-likeness (QED) is 0.597. The Hall–Kier alpha value is -2.75. The number of hydrogen-bond acceptors (Lipinski definition) is 5. The second kappa shape index (κ2) is 8.09. The van der Waals surface area contributed by atoms with Crippen LogP contribution >= 0.6 is 0 Å². The number of aromatic nitrogens is 3. The highest BCUT2D eigenvalue weighted by atomic mass is 32.2. The van der Waals surface area contributed by atoms with Gasteiger partial charge in [0.1, 0.15) is 0 Å². The fourth-order valence-corrected chi connectivity index (χ4v) is 3.69. The van der Waals surface area contributed by atoms with Crippen molar-refractivity contribution < 1.29 is 8.42 Å². The van der Waals surface area contributed by atoms with Gasteiger partial charge in [-0.05, 0) is 25.2 Å². The number of sulfonamides is 1. The van der Waals surface area contributed by atoms with Crippen molar-refractivity contribution >= 4 is 10.0 Å². The highest BCUT2D eigenvalue weighted by Gasteiger charge is 2.18. The molecule has 0 radical (unpaired) electrons. The van der Waals surface area contributed by atoms with Crippen LogP contribution in [0.2, 0.25) is 0 Å². The van der Waals surface area contributed by atoms with E-state index < -0.39 is 10.0 Å². The van der Waals surface area contributed by atoms with Crippen LogP contribution in [-0.4, -0.2) is 53.1 Å². The Morgan fingerprint density at radius 2 is 1.71 bits per heavy atom. The van der Waals surface area contributed by atoms with Gasteiger partial charge < -0.3 is 4.57 Å². The molecule has 0 fully saturated rings. The average Bonchev–Trinajstić information content (AvgIpc) is 3.12. The van der Waals surface area contributed by atoms with Crippen LogP contribution in [-0.2, 0) is 23.2 Å². The lowest BCUT2D eigenvalue weighted by atomic mass is 10.3. The molecule has 0 saturated carbocycles. The molecule has 0 spiro atoms. The maximum Gasteiger partial charge on any atom is 0.251 e. The molecule has 8 nitrogen and oxygen atoms in total. The topological polar surface area (TPSA) is 80.4 Å². The van der Waals surface area contributed by atoms with Crippen molar-refractivity contribution in [2.75, 3.05) is 21.1 Å². The molecule has 0 bridgehead atoms. The summed E-state index contributed by atoms with van der Waals surface area (Å²) < 4.78 is 28.9. The minimum atomic E-state index is -3.60. The predicted octanol–water partition coefficient (Wildman–Crippen LogP) is 1.37. The lowest BCUT2D eigenvalue weighted by Gasteiger charge is -2.18. The fraction of sp³-hybridized carbons (Fsp3) is 0.263. The molecule has 0 saturated heterocycles. The van der Waals surface area contributed by atoms with Gasteiger partial charge in [0.2, 0.25) is 10.0 Å². The van der Waals surface area contributed by atoms with Crippen molar-refractivity contribution in [1.82, 2.24) is 23.6 Å². The number of nitrogens with zero attached hydrogens (tertiary/aromatic N) is 5. The van der Waals surface area contributed by atoms with Crippen LogP contribution in [0.1, 0.15) is 5.56 Å². The first kappa shape index (κ1) is 20.0. The fourth-order valence-electron chi connectivity index (χ4n) is 2.77. The van der Waals surface area contributed by atoms with E-state index >= 15 is 0 Å². The number of para-hydroxylation sites is 1. The second-order valence-corrected chi connectivity index (χ2v) is 8.90. The van der Waals surface area contributed by atoms with Crippen LogP contribution in [0.25, 0.3) is 5.69 Å². The molecule has 9 heteroatoms. The van der Waals surface area contributed by atoms with Crippen molar-refractivity contribution in [3.8, 4) is 5.69 Å². The molecular weight excluding hydrogens is 378 g/mol. The Labute approximate surface area is 164 Å². The van der Waals surface area contributed by atoms with Gasteiger partial charge in [-0.25, -0.2) is 17.4 Å². The lowest BCUT2D eigenvalue weighted by molar-refractivity contribution is 0.255. The van der Waals surface area contributed by atoms with Crippen molar-refractivity contribution in [2.45, 2.75) is 18.1 Å². The van der Waals surface area contributed by atoms with Gasteiger partial charge in [0, 0.05) is 44.7 Å². The van der Waals surface area contributed by atoms with Crippen molar-refractivity contribution in [2.24, 2.45) is 0 Å². The monoisotopic (exact) mass is 401 g/mol. The third kappa shape index (κ3) is 4.38. The Bertz CT molecular complexity index is 1100. The Balaban J connectivity index is 1.74. The highest BCUT2D eigenvalue weighted by Crippen LogP contribution is 2.12. The van der Waals surface area contributed by atoms with Crippen LogP contribution in [0.3, 0.4) is 0 Å². The van der Waals surface area contributed by atoms with Gasteiger partial charge in [0.15, 0.2) is 0 Å². The van der Waals surface area contributed by atoms with E-state index in [1.54, 1.807) is 10.9 Å². The van der Waals surface area contributed by atoms with Crippen molar-refractivity contribution in [3.05, 3.63) is 77.0 Å². The summed E-state index contributed by atoms with van der Waals surface area (Å²) >= 11 is 0. The average molecular weight is 401 g/mol. The summed E-state index contributed by atoms with van der Waals surface area (Å²) in [5.74, 6) is 0. The molecule has 0 atom stereocenters. The maximum absolute atomic E-state index is 12.3. The maximum atomic E-state index is 12.3. The van der Waals surface area contributed by atoms with E-state index in [9.17, 15) is 13.2 Å². The summed E-state index contributed by atoms with van der Waals surface area (Å²) in [6, 6.07) is 12.4. The summed E-state index contributed by atoms with van der Waals surface area (Å²) in [7, 11) is 1.18. The van der Waals surface area contributed by atoms with Crippen LogP contribution < -0.4 is 5.56 Å². The van der Waals surface area contributed by atoms with E-state index in [1.165, 1.54) is 37.0 Å². The van der Waals surface area contributed by atoms with Gasteiger partial charge in [-0.1, -0.05) is 18.2 Å². The molecule has 0 aliphatic carbocycles. The molecule has 1 aromatic carbocycles. The minimum Gasteiger partial charge on any atom is -0.301 e. The van der Waals surface area contributed by atoms with E-state index in [-0.39, 0.29) is 17.1 Å². The molecule has 0 unspecified atom stereocenters. The highest BCUT2D eigenvalue weighted by molar-refractivity contribution is 7.89. The van der Waals surface area contributed by atoms with Crippen LogP contribution in [0.4, 0.5) is 0 Å². The second-order valence-electron chi connectivity index (χ2n) is 6.74. The standard InChI is InChI=1S/C19H23N5O3S/c1-21(2)28(26,27)18-9-10-19(25)23(14-18)15-22(3)12-16-11-20-24(13-16)17-7-5-4-6-8-17/h4-11,13-14H,12,15H2,1-3H3. The Morgan fingerprint density at radius 3 is 2.39 bits per heavy atom. The molecule has 3 aromatic rings. The van der Waals surface area contributed by atoms with E-state index in [0.717, 1.165) is 15.6 Å². The summed E-state index contributed by atoms with van der Waals surface area (Å²) in [6.07, 6.45) is 5.09. The molecule has 3 rings (SSSR count). The Kier molecular flexibility index (Phi) is 5.78. The molecule has 2 heterocycles. The summed E-state index contributed by atoms with van der Waals surface area (Å²) in [6.45, 7) is 0.816. The number of benzene rings is 1. The van der Waals surface area contributed by atoms with Crippen LogP contribution in [0, 0.1) is 0 Å². The third-order valence-electron chi connectivity index (χ3n) is 4.24. The lowest BCUT2D eigenvalue weighted by Crippen LogP contribution is -2.30. The largest absolute Gasteiger partial charge is 0.301 e. The number of rotatable bonds is 7. The first-order valence-electron chi connectivity index (χ1n) is 8.68. The van der Waals surface area contributed by atoms with Gasteiger partial charge >= 0.3 is 0 Å². The third-order valence-corrected chi connectivity index (χ3v) is 6.04.